The number of sulfonamides is 1. The summed E-state index contributed by atoms with van der Waals surface area (Å²) in [6.07, 6.45) is 0.284. The molecule has 192 valence electrons. The second kappa shape index (κ2) is 11.0. The molecule has 1 unspecified atom stereocenters. The molecule has 9 heteroatoms. The number of carbonyl (C=O) groups excluding carboxylic acids is 1. The van der Waals surface area contributed by atoms with E-state index in [0.29, 0.717) is 17.1 Å². The maximum atomic E-state index is 13.6. The first-order valence-electron chi connectivity index (χ1n) is 11.8. The fourth-order valence-electron chi connectivity index (χ4n) is 4.65. The van der Waals surface area contributed by atoms with Crippen molar-refractivity contribution in [2.45, 2.75) is 30.3 Å². The van der Waals surface area contributed by atoms with Gasteiger partial charge >= 0.3 is 5.97 Å². The molecule has 8 nitrogen and oxygen atoms in total. The minimum absolute atomic E-state index is 0.0728. The smallest absolute Gasteiger partial charge is 0.310 e. The highest BCUT2D eigenvalue weighted by atomic mass is 32.2. The molecular formula is C28H28N2O6S. The van der Waals surface area contributed by atoms with Gasteiger partial charge in [0.1, 0.15) is 18.1 Å². The van der Waals surface area contributed by atoms with E-state index in [1.807, 2.05) is 36.4 Å². The Hall–Kier alpha value is -3.87. The molecule has 0 N–H and O–H groups in total. The van der Waals surface area contributed by atoms with E-state index in [1.165, 1.54) is 30.7 Å². The van der Waals surface area contributed by atoms with Crippen LogP contribution in [0.4, 0.5) is 0 Å². The van der Waals surface area contributed by atoms with E-state index in [-0.39, 0.29) is 17.9 Å². The lowest BCUT2D eigenvalue weighted by molar-refractivity contribution is -0.145. The van der Waals surface area contributed by atoms with Gasteiger partial charge in [0.05, 0.1) is 42.7 Å². The second-order valence-electron chi connectivity index (χ2n) is 8.79. The van der Waals surface area contributed by atoms with Crippen molar-refractivity contribution in [2.75, 3.05) is 20.8 Å². The average Bonchev–Trinajstić information content (AvgIpc) is 3.28. The normalized spacial score (nSPS) is 19.7. The summed E-state index contributed by atoms with van der Waals surface area (Å²) in [6, 6.07) is 21.8. The molecule has 0 aromatic heterocycles. The van der Waals surface area contributed by atoms with Crippen LogP contribution in [0, 0.1) is 17.2 Å². The Morgan fingerprint density at radius 2 is 1.51 bits per heavy atom. The molecule has 0 aliphatic carbocycles. The van der Waals surface area contributed by atoms with Crippen molar-refractivity contribution in [3.63, 3.8) is 0 Å². The maximum Gasteiger partial charge on any atom is 0.310 e. The molecule has 1 heterocycles. The van der Waals surface area contributed by atoms with Crippen LogP contribution in [-0.2, 0) is 19.6 Å². The highest BCUT2D eigenvalue weighted by Gasteiger charge is 2.49. The Balaban J connectivity index is 1.54. The van der Waals surface area contributed by atoms with Crippen molar-refractivity contribution in [3.05, 3.63) is 78.4 Å². The number of esters is 1. The van der Waals surface area contributed by atoms with Crippen LogP contribution >= 0.6 is 0 Å². The molecule has 1 fully saturated rings. The van der Waals surface area contributed by atoms with E-state index >= 15 is 0 Å². The van der Waals surface area contributed by atoms with E-state index in [1.54, 1.807) is 31.2 Å². The van der Waals surface area contributed by atoms with E-state index in [2.05, 4.69) is 6.07 Å². The summed E-state index contributed by atoms with van der Waals surface area (Å²) in [4.78, 5) is 12.5. The highest BCUT2D eigenvalue weighted by molar-refractivity contribution is 7.89. The molecule has 0 bridgehead atoms. The van der Waals surface area contributed by atoms with Gasteiger partial charge in [0.2, 0.25) is 10.0 Å². The van der Waals surface area contributed by atoms with Gasteiger partial charge in [0.25, 0.3) is 0 Å². The predicted molar refractivity (Wildman–Crippen MR) is 137 cm³/mol. The molecule has 0 radical (unpaired) electrons. The molecule has 1 aliphatic rings. The van der Waals surface area contributed by atoms with E-state index in [9.17, 15) is 13.2 Å². The monoisotopic (exact) mass is 520 g/mol. The molecule has 37 heavy (non-hydrogen) atoms. The van der Waals surface area contributed by atoms with Crippen LogP contribution in [0.25, 0.3) is 11.1 Å². The maximum absolute atomic E-state index is 13.6. The van der Waals surface area contributed by atoms with Gasteiger partial charge in [-0.1, -0.05) is 24.3 Å². The third kappa shape index (κ3) is 5.45. The Kier molecular flexibility index (Phi) is 7.81. The predicted octanol–water partition coefficient (Wildman–Crippen LogP) is 4.25. The number of methoxy groups -OCH3 is 2. The highest BCUT2D eigenvalue weighted by Crippen LogP contribution is 2.36. The van der Waals surface area contributed by atoms with Gasteiger partial charge in [-0.25, -0.2) is 8.42 Å². The van der Waals surface area contributed by atoms with Crippen molar-refractivity contribution in [1.82, 2.24) is 4.31 Å². The zero-order valence-corrected chi connectivity index (χ0v) is 21.6. The van der Waals surface area contributed by atoms with Crippen LogP contribution in [0.15, 0.2) is 77.7 Å². The minimum Gasteiger partial charge on any atom is -0.497 e. The van der Waals surface area contributed by atoms with Gasteiger partial charge in [0.15, 0.2) is 0 Å². The molecule has 3 aromatic carbocycles. The Morgan fingerprint density at radius 1 is 0.946 bits per heavy atom. The number of benzene rings is 3. The van der Waals surface area contributed by atoms with Gasteiger partial charge in [0, 0.05) is 6.04 Å². The van der Waals surface area contributed by atoms with Crippen LogP contribution < -0.4 is 9.47 Å². The zero-order chi connectivity index (χ0) is 26.6. The first kappa shape index (κ1) is 26.2. The molecule has 0 amide bonds. The third-order valence-corrected chi connectivity index (χ3v) is 8.71. The summed E-state index contributed by atoms with van der Waals surface area (Å²) in [7, 11) is -1.11. The molecule has 1 aliphatic heterocycles. The van der Waals surface area contributed by atoms with E-state index < -0.39 is 34.0 Å². The van der Waals surface area contributed by atoms with Crippen molar-refractivity contribution in [2.24, 2.45) is 5.92 Å². The lowest BCUT2D eigenvalue weighted by Gasteiger charge is -2.28. The second-order valence-corrected chi connectivity index (χ2v) is 10.6. The van der Waals surface area contributed by atoms with E-state index in [0.717, 1.165) is 11.1 Å². The van der Waals surface area contributed by atoms with Crippen molar-refractivity contribution >= 4 is 16.0 Å². The van der Waals surface area contributed by atoms with Gasteiger partial charge in [-0.05, 0) is 73.0 Å². The van der Waals surface area contributed by atoms with Crippen molar-refractivity contribution < 1.29 is 27.4 Å². The average molecular weight is 521 g/mol. The quantitative estimate of drug-likeness (QED) is 0.409. The van der Waals surface area contributed by atoms with Crippen molar-refractivity contribution in [3.8, 4) is 28.7 Å². The fourth-order valence-corrected chi connectivity index (χ4v) is 6.50. The number of ether oxygens (including phenoxy) is 3. The van der Waals surface area contributed by atoms with Crippen LogP contribution in [0.2, 0.25) is 0 Å². The number of rotatable bonds is 8. The zero-order valence-electron chi connectivity index (χ0n) is 20.8. The topological polar surface area (TPSA) is 106 Å². The number of nitriles is 1. The Morgan fingerprint density at radius 3 is 2.05 bits per heavy atom. The third-order valence-electron chi connectivity index (χ3n) is 6.65. The number of nitrogens with zero attached hydrogens (tertiary/aromatic N) is 2. The first-order valence-corrected chi connectivity index (χ1v) is 13.2. The van der Waals surface area contributed by atoms with Crippen LogP contribution in [0.3, 0.4) is 0 Å². The van der Waals surface area contributed by atoms with Gasteiger partial charge in [-0.15, -0.1) is 0 Å². The summed E-state index contributed by atoms with van der Waals surface area (Å²) in [6.45, 7) is 1.79. The van der Waals surface area contributed by atoms with Gasteiger partial charge in [-0.2, -0.15) is 9.57 Å². The summed E-state index contributed by atoms with van der Waals surface area (Å²) in [5, 5.41) is 8.98. The largest absolute Gasteiger partial charge is 0.497 e. The Bertz CT molecular complexity index is 1380. The number of hydrogen-bond donors (Lipinski definition) is 0. The van der Waals surface area contributed by atoms with E-state index in [4.69, 9.17) is 19.5 Å². The lowest BCUT2D eigenvalue weighted by atomic mass is 10.0. The summed E-state index contributed by atoms with van der Waals surface area (Å²) in [5.74, 6) is 0.0700. The SMILES string of the molecule is COC(=O)[C@H]1C[C@@H](COc2ccc(-c3ccc(C#N)cc3)cc2)N(S(=O)(=O)c2ccc(OC)cc2)C1C. The summed E-state index contributed by atoms with van der Waals surface area (Å²) >= 11 is 0. The minimum atomic E-state index is -3.92. The van der Waals surface area contributed by atoms with Gasteiger partial charge < -0.3 is 14.2 Å². The van der Waals surface area contributed by atoms with Crippen molar-refractivity contribution in [1.29, 1.82) is 5.26 Å². The molecule has 0 spiro atoms. The molecule has 1 saturated heterocycles. The lowest BCUT2D eigenvalue weighted by Crippen LogP contribution is -2.43. The van der Waals surface area contributed by atoms with Crippen LogP contribution in [0.1, 0.15) is 18.9 Å². The molecule has 4 rings (SSSR count). The summed E-state index contributed by atoms with van der Waals surface area (Å²) in [5.41, 5.74) is 2.52. The first-order chi connectivity index (χ1) is 17.8. The molecule has 3 aromatic rings. The Labute approximate surface area is 217 Å². The number of hydrogen-bond acceptors (Lipinski definition) is 7. The standard InChI is InChI=1S/C28H28N2O6S/c1-19-27(28(31)35-3)16-23(30(19)37(32,33)26-14-12-24(34-2)13-15-26)18-36-25-10-8-22(9-11-25)21-6-4-20(17-29)5-7-21/h4-15,19,23,27H,16,18H2,1-3H3/t19?,23-,27-/m0/s1. The fraction of sp³-hybridized carbons (Fsp3) is 0.286. The van der Waals surface area contributed by atoms with Crippen LogP contribution in [0.5, 0.6) is 11.5 Å². The molecule has 0 saturated carbocycles. The van der Waals surface area contributed by atoms with Crippen LogP contribution in [-0.4, -0.2) is 51.6 Å². The summed E-state index contributed by atoms with van der Waals surface area (Å²) < 4.78 is 44.7. The number of carbonyl (C=O) groups is 1. The molecular weight excluding hydrogens is 492 g/mol. The molecule has 3 atom stereocenters. The van der Waals surface area contributed by atoms with Gasteiger partial charge in [-0.3, -0.25) is 4.79 Å².